The maximum Gasteiger partial charge on any atom is 0.330 e. The van der Waals surface area contributed by atoms with E-state index in [-0.39, 0.29) is 6.61 Å². The largest absolute Gasteiger partial charge is 0.373 e. The van der Waals surface area contributed by atoms with E-state index in [2.05, 4.69) is 15.1 Å². The van der Waals surface area contributed by atoms with Crippen molar-refractivity contribution in [3.05, 3.63) is 29.6 Å². The van der Waals surface area contributed by atoms with Crippen molar-refractivity contribution in [1.82, 2.24) is 10.4 Å². The molecule has 108 valence electrons. The number of halogens is 4. The molecule has 0 spiro atoms. The Hall–Kier alpha value is -1.25. The number of hydrazine groups is 1. The zero-order valence-corrected chi connectivity index (χ0v) is 10.2. The Morgan fingerprint density at radius 2 is 2.11 bits per heavy atom. The lowest BCUT2D eigenvalue weighted by molar-refractivity contribution is -0.167. The third-order valence-corrected chi connectivity index (χ3v) is 2.44. The van der Waals surface area contributed by atoms with E-state index in [9.17, 15) is 17.6 Å². The van der Waals surface area contributed by atoms with Gasteiger partial charge in [0, 0.05) is 11.9 Å². The molecule has 4 nitrogen and oxygen atoms in total. The van der Waals surface area contributed by atoms with Crippen molar-refractivity contribution >= 4 is 0 Å². The van der Waals surface area contributed by atoms with E-state index >= 15 is 0 Å². The van der Waals surface area contributed by atoms with Gasteiger partial charge < -0.3 is 4.74 Å². The van der Waals surface area contributed by atoms with Crippen LogP contribution in [0, 0.1) is 6.92 Å². The molecule has 1 aromatic heterocycles. The van der Waals surface area contributed by atoms with Gasteiger partial charge in [0.15, 0.2) is 0 Å². The minimum Gasteiger partial charge on any atom is -0.373 e. The van der Waals surface area contributed by atoms with Gasteiger partial charge in [-0.15, -0.1) is 0 Å². The molecule has 0 fully saturated rings. The molecule has 1 aromatic rings. The highest BCUT2D eigenvalue weighted by Gasteiger charge is 2.41. The maximum atomic E-state index is 12.6. The number of rotatable bonds is 7. The lowest BCUT2D eigenvalue weighted by Crippen LogP contribution is -2.36. The van der Waals surface area contributed by atoms with Crippen molar-refractivity contribution in [2.45, 2.75) is 25.3 Å². The number of ether oxygens (including phenoxy) is 1. The van der Waals surface area contributed by atoms with Crippen LogP contribution in [-0.4, -0.2) is 30.5 Å². The average molecular weight is 281 g/mol. The number of hydrogen-bond donors (Lipinski definition) is 2. The van der Waals surface area contributed by atoms with Crippen LogP contribution >= 0.6 is 0 Å². The molecule has 1 unspecified atom stereocenters. The van der Waals surface area contributed by atoms with E-state index in [1.807, 2.05) is 0 Å². The first-order valence-corrected chi connectivity index (χ1v) is 5.49. The summed E-state index contributed by atoms with van der Waals surface area (Å²) in [6.45, 7) is 0.167. The third kappa shape index (κ3) is 4.73. The van der Waals surface area contributed by atoms with Gasteiger partial charge in [0.05, 0.1) is 12.6 Å². The Kier molecular flexibility index (Phi) is 5.64. The molecule has 8 heteroatoms. The number of hydrogen-bond acceptors (Lipinski definition) is 4. The predicted molar refractivity (Wildman–Crippen MR) is 60.8 cm³/mol. The predicted octanol–water partition coefficient (Wildman–Crippen LogP) is 1.81. The molecule has 0 saturated carbocycles. The van der Waals surface area contributed by atoms with Crippen molar-refractivity contribution in [1.29, 1.82) is 0 Å². The van der Waals surface area contributed by atoms with E-state index < -0.39 is 25.0 Å². The standard InChI is InChI=1S/C11H15F4N3O/c1-7-2-3-8(4-17-7)9(18-16)5-19-6-11(14,15)10(12)13/h2-4,9-10,18H,5-6,16H2,1H3. The van der Waals surface area contributed by atoms with Crippen LogP contribution in [0.25, 0.3) is 0 Å². The molecule has 0 aliphatic rings. The summed E-state index contributed by atoms with van der Waals surface area (Å²) in [7, 11) is 0. The highest BCUT2D eigenvalue weighted by Crippen LogP contribution is 2.23. The summed E-state index contributed by atoms with van der Waals surface area (Å²) in [5.74, 6) is 1.10. The van der Waals surface area contributed by atoms with Gasteiger partial charge in [0.25, 0.3) is 0 Å². The molecule has 1 rings (SSSR count). The molecular formula is C11H15F4N3O. The summed E-state index contributed by atoms with van der Waals surface area (Å²) in [6.07, 6.45) is -2.24. The van der Waals surface area contributed by atoms with Gasteiger partial charge in [0.1, 0.15) is 6.61 Å². The third-order valence-electron chi connectivity index (χ3n) is 2.44. The molecule has 1 heterocycles. The zero-order chi connectivity index (χ0) is 14.5. The molecule has 3 N–H and O–H groups in total. The van der Waals surface area contributed by atoms with Gasteiger partial charge in [-0.05, 0) is 18.6 Å². The summed E-state index contributed by atoms with van der Waals surface area (Å²) in [4.78, 5) is 4.01. The summed E-state index contributed by atoms with van der Waals surface area (Å²) < 4.78 is 53.6. The minimum atomic E-state index is -4.16. The van der Waals surface area contributed by atoms with E-state index in [0.29, 0.717) is 5.56 Å². The van der Waals surface area contributed by atoms with E-state index in [1.54, 1.807) is 19.1 Å². The normalized spacial score (nSPS) is 13.8. The van der Waals surface area contributed by atoms with Gasteiger partial charge in [-0.2, -0.15) is 8.78 Å². The fourth-order valence-corrected chi connectivity index (χ4v) is 1.30. The van der Waals surface area contributed by atoms with Crippen LogP contribution in [0.5, 0.6) is 0 Å². The number of alkyl halides is 4. The van der Waals surface area contributed by atoms with Crippen molar-refractivity contribution in [3.63, 3.8) is 0 Å². The highest BCUT2D eigenvalue weighted by atomic mass is 19.3. The second kappa shape index (κ2) is 6.78. The Labute approximate surface area is 107 Å². The average Bonchev–Trinajstić information content (AvgIpc) is 2.36. The fraction of sp³-hybridized carbons (Fsp3) is 0.545. The molecule has 19 heavy (non-hydrogen) atoms. The molecule has 0 amide bonds. The lowest BCUT2D eigenvalue weighted by atomic mass is 10.1. The fourth-order valence-electron chi connectivity index (χ4n) is 1.30. The highest BCUT2D eigenvalue weighted by molar-refractivity contribution is 5.17. The molecule has 0 radical (unpaired) electrons. The first-order chi connectivity index (χ1) is 8.86. The number of nitrogens with two attached hydrogens (primary N) is 1. The van der Waals surface area contributed by atoms with Crippen molar-refractivity contribution in [2.75, 3.05) is 13.2 Å². The van der Waals surface area contributed by atoms with Crippen molar-refractivity contribution in [2.24, 2.45) is 5.84 Å². The Morgan fingerprint density at radius 1 is 1.42 bits per heavy atom. The summed E-state index contributed by atoms with van der Waals surface area (Å²) in [5.41, 5.74) is 3.76. The number of nitrogens with one attached hydrogen (secondary N) is 1. The van der Waals surface area contributed by atoms with Crippen LogP contribution in [0.1, 0.15) is 17.3 Å². The molecule has 0 aliphatic carbocycles. The molecular weight excluding hydrogens is 266 g/mol. The Balaban J connectivity index is 2.52. The van der Waals surface area contributed by atoms with Crippen LogP contribution < -0.4 is 11.3 Å². The Bertz CT molecular complexity index is 386. The van der Waals surface area contributed by atoms with E-state index in [0.717, 1.165) is 5.69 Å². The van der Waals surface area contributed by atoms with E-state index in [4.69, 9.17) is 5.84 Å². The van der Waals surface area contributed by atoms with Gasteiger partial charge in [-0.25, -0.2) is 8.78 Å². The summed E-state index contributed by atoms with van der Waals surface area (Å²) >= 11 is 0. The second-order valence-corrected chi connectivity index (χ2v) is 4.03. The van der Waals surface area contributed by atoms with E-state index in [1.165, 1.54) is 6.20 Å². The number of nitrogens with zero attached hydrogens (tertiary/aromatic N) is 1. The number of pyridine rings is 1. The quantitative estimate of drug-likeness (QED) is 0.454. The maximum absolute atomic E-state index is 12.6. The Morgan fingerprint density at radius 3 is 2.58 bits per heavy atom. The lowest BCUT2D eigenvalue weighted by Gasteiger charge is -2.19. The zero-order valence-electron chi connectivity index (χ0n) is 10.2. The number of aryl methyl sites for hydroxylation is 1. The summed E-state index contributed by atoms with van der Waals surface area (Å²) in [5, 5.41) is 0. The van der Waals surface area contributed by atoms with Crippen LogP contribution in [0.4, 0.5) is 17.6 Å². The second-order valence-electron chi connectivity index (χ2n) is 4.03. The first-order valence-electron chi connectivity index (χ1n) is 5.49. The van der Waals surface area contributed by atoms with Crippen LogP contribution in [0.3, 0.4) is 0 Å². The van der Waals surface area contributed by atoms with Gasteiger partial charge >= 0.3 is 12.3 Å². The van der Waals surface area contributed by atoms with Crippen LogP contribution in [-0.2, 0) is 4.74 Å². The topological polar surface area (TPSA) is 60.2 Å². The minimum absolute atomic E-state index is 0.260. The first kappa shape index (κ1) is 15.8. The molecule has 0 aromatic carbocycles. The molecule has 0 saturated heterocycles. The number of aromatic nitrogens is 1. The SMILES string of the molecule is Cc1ccc(C(COCC(F)(F)C(F)F)NN)cn1. The molecule has 0 bridgehead atoms. The smallest absolute Gasteiger partial charge is 0.330 e. The van der Waals surface area contributed by atoms with Crippen molar-refractivity contribution in [3.8, 4) is 0 Å². The summed E-state index contributed by atoms with van der Waals surface area (Å²) in [6, 6.07) is 2.82. The molecule has 1 atom stereocenters. The monoisotopic (exact) mass is 281 g/mol. The van der Waals surface area contributed by atoms with Gasteiger partial charge in [-0.3, -0.25) is 16.3 Å². The van der Waals surface area contributed by atoms with Gasteiger partial charge in [0.2, 0.25) is 0 Å². The van der Waals surface area contributed by atoms with Crippen LogP contribution in [0.15, 0.2) is 18.3 Å². The van der Waals surface area contributed by atoms with Crippen molar-refractivity contribution < 1.29 is 22.3 Å². The van der Waals surface area contributed by atoms with Gasteiger partial charge in [-0.1, -0.05) is 6.07 Å². The van der Waals surface area contributed by atoms with Crippen LogP contribution in [0.2, 0.25) is 0 Å². The molecule has 0 aliphatic heterocycles.